The summed E-state index contributed by atoms with van der Waals surface area (Å²) in [4.78, 5) is 11.3. The van der Waals surface area contributed by atoms with Crippen LogP contribution in [0.3, 0.4) is 0 Å². The number of alkyl halides is 1. The van der Waals surface area contributed by atoms with Crippen molar-refractivity contribution in [2.75, 3.05) is 6.61 Å². The molecule has 88 valence electrons. The van der Waals surface area contributed by atoms with E-state index in [2.05, 4.69) is 0 Å². The van der Waals surface area contributed by atoms with Crippen LogP contribution in [0.4, 0.5) is 4.39 Å². The summed E-state index contributed by atoms with van der Waals surface area (Å²) in [7, 11) is 0. The summed E-state index contributed by atoms with van der Waals surface area (Å²) in [6.45, 7) is 1.98. The Morgan fingerprint density at radius 3 is 2.81 bits per heavy atom. The molecule has 0 heterocycles. The maximum atomic E-state index is 12.8. The molecule has 0 bridgehead atoms. The van der Waals surface area contributed by atoms with Gasteiger partial charge in [0.15, 0.2) is 0 Å². The van der Waals surface area contributed by atoms with E-state index in [9.17, 15) is 9.18 Å². The lowest BCUT2D eigenvalue weighted by Crippen LogP contribution is -2.20. The van der Waals surface area contributed by atoms with Crippen LogP contribution in [0.5, 0.6) is 0 Å². The molecule has 1 aromatic rings. The number of carbonyl (C=O) groups excluding carboxylic acids is 1. The predicted octanol–water partition coefficient (Wildman–Crippen LogP) is 3.19. The summed E-state index contributed by atoms with van der Waals surface area (Å²) in [5.41, 5.74) is 0.621. The number of esters is 1. The normalized spacial score (nSPS) is 12.2. The van der Waals surface area contributed by atoms with Crippen molar-refractivity contribution < 1.29 is 13.9 Å². The second-order valence-electron chi connectivity index (χ2n) is 3.16. The molecule has 16 heavy (non-hydrogen) atoms. The van der Waals surface area contributed by atoms with Gasteiger partial charge in [0.25, 0.3) is 0 Å². The van der Waals surface area contributed by atoms with Crippen molar-refractivity contribution in [3.8, 4) is 0 Å². The quantitative estimate of drug-likeness (QED) is 0.617. The van der Waals surface area contributed by atoms with Gasteiger partial charge < -0.3 is 4.74 Å². The van der Waals surface area contributed by atoms with Crippen LogP contribution in [0.15, 0.2) is 18.2 Å². The maximum absolute atomic E-state index is 12.8. The summed E-state index contributed by atoms with van der Waals surface area (Å²) in [5, 5.41) is -0.544. The van der Waals surface area contributed by atoms with E-state index in [-0.39, 0.29) is 18.1 Å². The molecule has 5 heteroatoms. The van der Waals surface area contributed by atoms with Crippen molar-refractivity contribution in [2.45, 2.75) is 18.7 Å². The fourth-order valence-electron chi connectivity index (χ4n) is 1.20. The van der Waals surface area contributed by atoms with Gasteiger partial charge in [-0.1, -0.05) is 17.7 Å². The zero-order valence-corrected chi connectivity index (χ0v) is 10.2. The summed E-state index contributed by atoms with van der Waals surface area (Å²) in [6, 6.07) is 3.97. The van der Waals surface area contributed by atoms with E-state index >= 15 is 0 Å². The van der Waals surface area contributed by atoms with Gasteiger partial charge in [-0.05, 0) is 24.6 Å². The molecule has 0 saturated carbocycles. The minimum Gasteiger partial charge on any atom is -0.465 e. The Morgan fingerprint density at radius 2 is 2.25 bits per heavy atom. The molecule has 0 spiro atoms. The zero-order valence-electron chi connectivity index (χ0n) is 8.67. The van der Waals surface area contributed by atoms with Crippen LogP contribution in [0.1, 0.15) is 12.5 Å². The molecule has 0 aromatic heterocycles. The molecule has 0 aliphatic carbocycles. The number of rotatable bonds is 4. The molecular formula is C11H11Cl2FO2. The first-order valence-electron chi connectivity index (χ1n) is 4.79. The SMILES string of the molecule is CCOC(=O)C(Cl)Cc1ccc(F)cc1Cl. The van der Waals surface area contributed by atoms with Gasteiger partial charge in [-0.2, -0.15) is 0 Å². The number of carbonyl (C=O) groups is 1. The second kappa shape index (κ2) is 6.06. The monoisotopic (exact) mass is 264 g/mol. The summed E-state index contributed by atoms with van der Waals surface area (Å²) in [5.74, 6) is -0.916. The van der Waals surface area contributed by atoms with E-state index in [1.54, 1.807) is 6.92 Å². The highest BCUT2D eigenvalue weighted by Gasteiger charge is 2.18. The van der Waals surface area contributed by atoms with Gasteiger partial charge in [0, 0.05) is 11.4 Å². The highest BCUT2D eigenvalue weighted by Crippen LogP contribution is 2.20. The first-order valence-corrected chi connectivity index (χ1v) is 5.60. The third kappa shape index (κ3) is 3.65. The standard InChI is InChI=1S/C11H11Cl2FO2/c1-2-16-11(15)10(13)5-7-3-4-8(14)6-9(7)12/h3-4,6,10H,2,5H2,1H3. The summed E-state index contributed by atoms with van der Waals surface area (Å²) >= 11 is 11.6. The van der Waals surface area contributed by atoms with Crippen LogP contribution < -0.4 is 0 Å². The second-order valence-corrected chi connectivity index (χ2v) is 4.09. The molecule has 0 aliphatic heterocycles. The Balaban J connectivity index is 2.69. The number of halogens is 3. The van der Waals surface area contributed by atoms with E-state index in [4.69, 9.17) is 27.9 Å². The van der Waals surface area contributed by atoms with E-state index in [0.29, 0.717) is 5.56 Å². The lowest BCUT2D eigenvalue weighted by Gasteiger charge is -2.09. The molecule has 0 N–H and O–H groups in total. The fourth-order valence-corrected chi connectivity index (χ4v) is 1.67. The van der Waals surface area contributed by atoms with Crippen molar-refractivity contribution in [1.82, 2.24) is 0 Å². The Hall–Kier alpha value is -0.800. The van der Waals surface area contributed by atoms with Crippen molar-refractivity contribution in [3.05, 3.63) is 34.6 Å². The zero-order chi connectivity index (χ0) is 12.1. The maximum Gasteiger partial charge on any atom is 0.324 e. The van der Waals surface area contributed by atoms with Gasteiger partial charge in [-0.25, -0.2) is 4.39 Å². The fraction of sp³-hybridized carbons (Fsp3) is 0.364. The Bertz CT molecular complexity index is 382. The van der Waals surface area contributed by atoms with E-state index in [1.165, 1.54) is 18.2 Å². The predicted molar refractivity (Wildman–Crippen MR) is 61.4 cm³/mol. The van der Waals surface area contributed by atoms with Crippen LogP contribution in [0.25, 0.3) is 0 Å². The summed E-state index contributed by atoms with van der Waals surface area (Å²) in [6.07, 6.45) is 0.222. The van der Waals surface area contributed by atoms with Gasteiger partial charge >= 0.3 is 5.97 Å². The molecule has 0 aliphatic rings. The third-order valence-electron chi connectivity index (χ3n) is 1.96. The Morgan fingerprint density at radius 1 is 1.56 bits per heavy atom. The van der Waals surface area contributed by atoms with E-state index in [1.807, 2.05) is 0 Å². The highest BCUT2D eigenvalue weighted by molar-refractivity contribution is 6.32. The molecule has 1 rings (SSSR count). The van der Waals surface area contributed by atoms with E-state index < -0.39 is 17.2 Å². The van der Waals surface area contributed by atoms with Gasteiger partial charge in [0.1, 0.15) is 11.2 Å². The largest absolute Gasteiger partial charge is 0.465 e. The molecule has 1 atom stereocenters. The minimum absolute atomic E-state index is 0.222. The van der Waals surface area contributed by atoms with Crippen molar-refractivity contribution >= 4 is 29.2 Å². The minimum atomic E-state index is -0.803. The first kappa shape index (κ1) is 13.3. The number of hydrogen-bond donors (Lipinski definition) is 0. The lowest BCUT2D eigenvalue weighted by molar-refractivity contribution is -0.142. The number of benzene rings is 1. The third-order valence-corrected chi connectivity index (χ3v) is 2.64. The van der Waals surface area contributed by atoms with Gasteiger partial charge in [0.2, 0.25) is 0 Å². The Kier molecular flexibility index (Phi) is 5.03. The van der Waals surface area contributed by atoms with E-state index in [0.717, 1.165) is 0 Å². The molecule has 0 saturated heterocycles. The van der Waals surface area contributed by atoms with Crippen LogP contribution in [0.2, 0.25) is 5.02 Å². The average Bonchev–Trinajstić information content (AvgIpc) is 2.22. The molecule has 2 nitrogen and oxygen atoms in total. The van der Waals surface area contributed by atoms with Gasteiger partial charge in [-0.15, -0.1) is 11.6 Å². The smallest absolute Gasteiger partial charge is 0.324 e. The van der Waals surface area contributed by atoms with Crippen LogP contribution in [0, 0.1) is 5.82 Å². The lowest BCUT2D eigenvalue weighted by atomic mass is 10.1. The average molecular weight is 265 g/mol. The highest BCUT2D eigenvalue weighted by atomic mass is 35.5. The van der Waals surface area contributed by atoms with Crippen molar-refractivity contribution in [2.24, 2.45) is 0 Å². The van der Waals surface area contributed by atoms with Crippen molar-refractivity contribution in [1.29, 1.82) is 0 Å². The number of ether oxygens (including phenoxy) is 1. The van der Waals surface area contributed by atoms with Crippen molar-refractivity contribution in [3.63, 3.8) is 0 Å². The van der Waals surface area contributed by atoms with Crippen LogP contribution in [-0.4, -0.2) is 18.0 Å². The Labute approximate surface area is 103 Å². The summed E-state index contributed by atoms with van der Waals surface area (Å²) < 4.78 is 17.5. The molecule has 0 radical (unpaired) electrons. The van der Waals surface area contributed by atoms with Crippen LogP contribution in [-0.2, 0) is 16.0 Å². The van der Waals surface area contributed by atoms with Crippen LogP contribution >= 0.6 is 23.2 Å². The van der Waals surface area contributed by atoms with Gasteiger partial charge in [0.05, 0.1) is 6.61 Å². The molecule has 1 aromatic carbocycles. The molecule has 1 unspecified atom stereocenters. The molecule has 0 fully saturated rings. The van der Waals surface area contributed by atoms with Gasteiger partial charge in [-0.3, -0.25) is 4.79 Å². The molecular weight excluding hydrogens is 254 g/mol. The number of hydrogen-bond acceptors (Lipinski definition) is 2. The molecule has 0 amide bonds. The topological polar surface area (TPSA) is 26.3 Å². The first-order chi connectivity index (χ1) is 7.54.